The van der Waals surface area contributed by atoms with E-state index in [1.54, 1.807) is 25.8 Å². The molecule has 23 heavy (non-hydrogen) atoms. The zero-order chi connectivity index (χ0) is 16.7. The summed E-state index contributed by atoms with van der Waals surface area (Å²) < 4.78 is 1.84. The molecule has 0 aliphatic carbocycles. The number of pyridine rings is 1. The number of thiophene rings is 1. The minimum absolute atomic E-state index is 0.265. The summed E-state index contributed by atoms with van der Waals surface area (Å²) in [7, 11) is 3.50. The molecule has 6 N–H and O–H groups in total. The molecule has 0 spiro atoms. The van der Waals surface area contributed by atoms with Gasteiger partial charge >= 0.3 is 0 Å². The number of nitrogens with zero attached hydrogens (tertiary/aromatic N) is 4. The number of primary amides is 1. The minimum Gasteiger partial charge on any atom is -0.397 e. The lowest BCUT2D eigenvalue weighted by molar-refractivity contribution is 0.100. The third-order valence-electron chi connectivity index (χ3n) is 3.50. The van der Waals surface area contributed by atoms with Crippen molar-refractivity contribution in [3.8, 4) is 11.3 Å². The number of nitrogens with two attached hydrogens (primary N) is 3. The Morgan fingerprint density at radius 1 is 1.43 bits per heavy atom. The number of aromatic nitrogens is 3. The van der Waals surface area contributed by atoms with E-state index in [0.29, 0.717) is 27.3 Å². The first kappa shape index (κ1) is 15.0. The summed E-state index contributed by atoms with van der Waals surface area (Å²) in [6, 6.07) is 0. The highest BCUT2D eigenvalue weighted by molar-refractivity contribution is 7.21. The van der Waals surface area contributed by atoms with Crippen LogP contribution in [0.1, 0.15) is 15.2 Å². The first-order valence-electron chi connectivity index (χ1n) is 6.65. The molecule has 3 heterocycles. The fourth-order valence-corrected chi connectivity index (χ4v) is 3.46. The zero-order valence-corrected chi connectivity index (χ0v) is 13.4. The van der Waals surface area contributed by atoms with Crippen LogP contribution in [-0.4, -0.2) is 33.7 Å². The molecule has 0 aliphatic heterocycles. The van der Waals surface area contributed by atoms with Crippen molar-refractivity contribution in [2.45, 2.75) is 0 Å². The van der Waals surface area contributed by atoms with Crippen LogP contribution >= 0.6 is 11.3 Å². The van der Waals surface area contributed by atoms with Crippen LogP contribution < -0.4 is 17.2 Å². The monoisotopic (exact) mass is 329 g/mol. The summed E-state index contributed by atoms with van der Waals surface area (Å²) in [6.45, 7) is 0. The molecule has 0 radical (unpaired) electrons. The topological polar surface area (TPSA) is 138 Å². The van der Waals surface area contributed by atoms with Gasteiger partial charge in [-0.2, -0.15) is 0 Å². The highest BCUT2D eigenvalue weighted by Crippen LogP contribution is 2.41. The van der Waals surface area contributed by atoms with E-state index in [2.05, 4.69) is 15.0 Å². The number of carbonyl (C=O) groups excluding carboxylic acids is 1. The van der Waals surface area contributed by atoms with E-state index >= 15 is 0 Å². The molecule has 0 saturated heterocycles. The molecule has 0 saturated carbocycles. The van der Waals surface area contributed by atoms with Gasteiger partial charge in [-0.15, -0.1) is 11.3 Å². The summed E-state index contributed by atoms with van der Waals surface area (Å²) in [5.41, 5.74) is 20.1. The molecule has 0 unspecified atom stereocenters. The van der Waals surface area contributed by atoms with Crippen LogP contribution in [0.4, 0.5) is 11.5 Å². The van der Waals surface area contributed by atoms with E-state index in [1.807, 2.05) is 11.6 Å². The van der Waals surface area contributed by atoms with Crippen molar-refractivity contribution in [2.24, 2.45) is 17.8 Å². The third kappa shape index (κ3) is 2.21. The standard InChI is InChI=1S/C14H15N7OS/c1-18-3-6-8(7-4-19-5-21(7)2)9-10(15)11(13(17)22)23-14(9)20-12(6)16/h3-5H,15H2,1-2H3,(H2,16,20)(H2,17,22). The van der Waals surface area contributed by atoms with E-state index < -0.39 is 5.91 Å². The fourth-order valence-electron chi connectivity index (χ4n) is 2.49. The molecule has 9 heteroatoms. The number of imidazole rings is 1. The maximum absolute atomic E-state index is 11.6. The van der Waals surface area contributed by atoms with Crippen LogP contribution in [0.2, 0.25) is 0 Å². The number of hydrogen-bond acceptors (Lipinski definition) is 7. The van der Waals surface area contributed by atoms with E-state index in [4.69, 9.17) is 17.2 Å². The lowest BCUT2D eigenvalue weighted by Crippen LogP contribution is -2.10. The van der Waals surface area contributed by atoms with Gasteiger partial charge in [0.2, 0.25) is 0 Å². The van der Waals surface area contributed by atoms with E-state index in [-0.39, 0.29) is 4.88 Å². The van der Waals surface area contributed by atoms with Gasteiger partial charge in [0.25, 0.3) is 5.91 Å². The molecule has 1 amide bonds. The zero-order valence-electron chi connectivity index (χ0n) is 12.6. The number of nitrogen functional groups attached to an aromatic ring is 2. The average molecular weight is 329 g/mol. The predicted octanol–water partition coefficient (Wildman–Crippen LogP) is 1.01. The predicted molar refractivity (Wildman–Crippen MR) is 92.7 cm³/mol. The highest BCUT2D eigenvalue weighted by atomic mass is 32.1. The van der Waals surface area contributed by atoms with Crippen LogP contribution in [0.15, 0.2) is 17.5 Å². The molecule has 3 aromatic heterocycles. The van der Waals surface area contributed by atoms with Gasteiger partial charge < -0.3 is 21.8 Å². The van der Waals surface area contributed by atoms with E-state index in [1.165, 1.54) is 0 Å². The molecule has 0 fully saturated rings. The normalized spacial score (nSPS) is 11.6. The number of fused-ring (bicyclic) bond motifs is 1. The SMILES string of the molecule is CN=Cc1c(N)nc2sc(C(N)=O)c(N)c2c1-c1cncn1C. The molecule has 0 atom stereocenters. The van der Waals surface area contributed by atoms with Gasteiger partial charge in [0.05, 0.1) is 23.9 Å². The van der Waals surface area contributed by atoms with Gasteiger partial charge in [-0.3, -0.25) is 9.79 Å². The van der Waals surface area contributed by atoms with Crippen molar-refractivity contribution in [1.29, 1.82) is 0 Å². The molecule has 0 aromatic carbocycles. The summed E-state index contributed by atoms with van der Waals surface area (Å²) in [4.78, 5) is 24.9. The Bertz CT molecular complexity index is 954. The Morgan fingerprint density at radius 3 is 2.74 bits per heavy atom. The molecule has 0 bridgehead atoms. The number of aryl methyl sites for hydroxylation is 1. The largest absolute Gasteiger partial charge is 0.397 e. The number of aliphatic imine (C=N–C) groups is 1. The van der Waals surface area contributed by atoms with Crippen LogP contribution in [0.3, 0.4) is 0 Å². The van der Waals surface area contributed by atoms with E-state index in [9.17, 15) is 4.79 Å². The maximum atomic E-state index is 11.6. The molecule has 3 rings (SSSR count). The van der Waals surface area contributed by atoms with Gasteiger partial charge in [0.15, 0.2) is 0 Å². The van der Waals surface area contributed by atoms with Gasteiger partial charge in [-0.05, 0) is 0 Å². The van der Waals surface area contributed by atoms with Crippen molar-refractivity contribution in [1.82, 2.24) is 14.5 Å². The molecular weight excluding hydrogens is 314 g/mol. The van der Waals surface area contributed by atoms with E-state index in [0.717, 1.165) is 22.6 Å². The maximum Gasteiger partial charge on any atom is 0.260 e. The number of amides is 1. The van der Waals surface area contributed by atoms with Crippen molar-refractivity contribution >= 4 is 45.2 Å². The second-order valence-electron chi connectivity index (χ2n) is 4.95. The Morgan fingerprint density at radius 2 is 2.17 bits per heavy atom. The smallest absolute Gasteiger partial charge is 0.260 e. The van der Waals surface area contributed by atoms with Crippen molar-refractivity contribution in [2.75, 3.05) is 18.5 Å². The third-order valence-corrected chi connectivity index (χ3v) is 4.61. The highest BCUT2D eigenvalue weighted by Gasteiger charge is 2.23. The lowest BCUT2D eigenvalue weighted by Gasteiger charge is -2.11. The van der Waals surface area contributed by atoms with Crippen LogP contribution in [0.5, 0.6) is 0 Å². The Balaban J connectivity index is 2.53. The van der Waals surface area contributed by atoms with Gasteiger partial charge in [0.1, 0.15) is 15.5 Å². The quantitative estimate of drug-likeness (QED) is 0.615. The number of anilines is 2. The summed E-state index contributed by atoms with van der Waals surface area (Å²) in [5.74, 6) is -0.290. The van der Waals surface area contributed by atoms with Crippen LogP contribution in [0, 0.1) is 0 Å². The Labute approximate surface area is 135 Å². The lowest BCUT2D eigenvalue weighted by atomic mass is 10.0. The molecule has 0 aliphatic rings. The van der Waals surface area contributed by atoms with Gasteiger partial charge in [-0.25, -0.2) is 9.97 Å². The van der Waals surface area contributed by atoms with Crippen molar-refractivity contribution in [3.05, 3.63) is 23.0 Å². The molecular formula is C14H15N7OS. The second-order valence-corrected chi connectivity index (χ2v) is 5.95. The van der Waals surface area contributed by atoms with Crippen LogP contribution in [-0.2, 0) is 7.05 Å². The number of rotatable bonds is 3. The van der Waals surface area contributed by atoms with Crippen molar-refractivity contribution < 1.29 is 4.79 Å². The van der Waals surface area contributed by atoms with Crippen LogP contribution in [0.25, 0.3) is 21.5 Å². The van der Waals surface area contributed by atoms with Gasteiger partial charge in [-0.1, -0.05) is 0 Å². The van der Waals surface area contributed by atoms with Gasteiger partial charge in [0, 0.05) is 36.8 Å². The second kappa shape index (κ2) is 5.36. The minimum atomic E-state index is -0.592. The molecule has 8 nitrogen and oxygen atoms in total. The Kier molecular flexibility index (Phi) is 3.49. The number of carbonyl (C=O) groups is 1. The average Bonchev–Trinajstić information content (AvgIpc) is 3.04. The summed E-state index contributed by atoms with van der Waals surface area (Å²) in [5, 5.41) is 0.636. The van der Waals surface area contributed by atoms with Crippen molar-refractivity contribution in [3.63, 3.8) is 0 Å². The first-order valence-corrected chi connectivity index (χ1v) is 7.47. The summed E-state index contributed by atoms with van der Waals surface area (Å²) >= 11 is 1.13. The molecule has 3 aromatic rings. The molecule has 118 valence electrons. The fraction of sp³-hybridized carbons (Fsp3) is 0.143. The Hall–Kier alpha value is -2.94. The summed E-state index contributed by atoms with van der Waals surface area (Å²) in [6.07, 6.45) is 4.98. The first-order chi connectivity index (χ1) is 11.0. The number of hydrogen-bond donors (Lipinski definition) is 3.